The number of carbonyl (C=O) groups is 1. The highest BCUT2D eigenvalue weighted by atomic mass is 16.6. The van der Waals surface area contributed by atoms with E-state index >= 15 is 0 Å². The van der Waals surface area contributed by atoms with E-state index in [1.54, 1.807) is 0 Å². The normalized spacial score (nSPS) is 18.1. The van der Waals surface area contributed by atoms with Gasteiger partial charge in [-0.1, -0.05) is 6.08 Å². The van der Waals surface area contributed by atoms with Gasteiger partial charge in [-0.2, -0.15) is 0 Å². The van der Waals surface area contributed by atoms with Crippen LogP contribution in [-0.4, -0.2) is 16.7 Å². The molecule has 0 aliphatic heterocycles. The summed E-state index contributed by atoms with van der Waals surface area (Å²) < 4.78 is 0. The fourth-order valence-electron chi connectivity index (χ4n) is 1.93. The number of hydrogen-bond acceptors (Lipinski definition) is 3. The molecule has 0 bridgehead atoms. The maximum Gasteiger partial charge on any atom is 0.234 e. The molecule has 4 nitrogen and oxygen atoms in total. The molecule has 4 heteroatoms. The SMILES string of the molecule is CC(=O)CCC(C1=CCCCC1)[N+](=O)[O-]. The van der Waals surface area contributed by atoms with Crippen LogP contribution >= 0.6 is 0 Å². The summed E-state index contributed by atoms with van der Waals surface area (Å²) in [6.45, 7) is 1.48. The van der Waals surface area contributed by atoms with Gasteiger partial charge in [0.2, 0.25) is 6.04 Å². The number of allylic oxidation sites excluding steroid dienone is 1. The van der Waals surface area contributed by atoms with Crippen molar-refractivity contribution in [2.24, 2.45) is 0 Å². The molecule has 0 aromatic rings. The smallest absolute Gasteiger partial charge is 0.234 e. The minimum Gasteiger partial charge on any atom is -0.300 e. The van der Waals surface area contributed by atoms with Crippen LogP contribution in [-0.2, 0) is 4.79 Å². The molecule has 1 aliphatic rings. The predicted molar refractivity (Wildman–Crippen MR) is 57.2 cm³/mol. The molecule has 1 aliphatic carbocycles. The van der Waals surface area contributed by atoms with Crippen molar-refractivity contribution in [1.29, 1.82) is 0 Å². The van der Waals surface area contributed by atoms with Gasteiger partial charge in [0.15, 0.2) is 0 Å². The third-order valence-corrected chi connectivity index (χ3v) is 2.78. The zero-order valence-corrected chi connectivity index (χ0v) is 9.07. The first kappa shape index (κ1) is 11.9. The summed E-state index contributed by atoms with van der Waals surface area (Å²) in [5, 5.41) is 10.9. The van der Waals surface area contributed by atoms with Crippen LogP contribution in [0.15, 0.2) is 11.6 Å². The molecule has 0 amide bonds. The van der Waals surface area contributed by atoms with Crippen molar-refractivity contribution >= 4 is 5.78 Å². The molecule has 1 rings (SSSR count). The Morgan fingerprint density at radius 1 is 1.60 bits per heavy atom. The molecule has 1 atom stereocenters. The standard InChI is InChI=1S/C11H17NO3/c1-9(13)7-8-11(12(14)15)10-5-3-2-4-6-10/h5,11H,2-4,6-8H2,1H3. The van der Waals surface area contributed by atoms with Gasteiger partial charge >= 0.3 is 0 Å². The maximum absolute atomic E-state index is 10.9. The highest BCUT2D eigenvalue weighted by Crippen LogP contribution is 2.24. The van der Waals surface area contributed by atoms with Crippen molar-refractivity contribution in [1.82, 2.24) is 0 Å². The van der Waals surface area contributed by atoms with Gasteiger partial charge in [-0.25, -0.2) is 0 Å². The monoisotopic (exact) mass is 211 g/mol. The number of hydrogen-bond donors (Lipinski definition) is 0. The summed E-state index contributed by atoms with van der Waals surface area (Å²) in [6, 6.07) is -0.630. The summed E-state index contributed by atoms with van der Waals surface area (Å²) in [6.07, 6.45) is 6.58. The third-order valence-electron chi connectivity index (χ3n) is 2.78. The topological polar surface area (TPSA) is 60.2 Å². The summed E-state index contributed by atoms with van der Waals surface area (Å²) >= 11 is 0. The largest absolute Gasteiger partial charge is 0.300 e. The number of Topliss-reactive ketones (excluding diaryl/α,β-unsaturated/α-hetero) is 1. The van der Waals surface area contributed by atoms with Crippen LogP contribution in [0.4, 0.5) is 0 Å². The van der Waals surface area contributed by atoms with Gasteiger partial charge in [0.25, 0.3) is 0 Å². The van der Waals surface area contributed by atoms with E-state index in [1.807, 2.05) is 6.08 Å². The average Bonchev–Trinajstić information content (AvgIpc) is 2.18. The lowest BCUT2D eigenvalue weighted by atomic mass is 9.91. The summed E-state index contributed by atoms with van der Waals surface area (Å²) in [5.74, 6) is 0.0262. The minimum absolute atomic E-state index is 0.0262. The van der Waals surface area contributed by atoms with Crippen LogP contribution in [0.5, 0.6) is 0 Å². The average molecular weight is 211 g/mol. The van der Waals surface area contributed by atoms with E-state index in [-0.39, 0.29) is 10.7 Å². The molecule has 0 heterocycles. The Morgan fingerprint density at radius 3 is 2.80 bits per heavy atom. The Bertz CT molecular complexity index is 284. The van der Waals surface area contributed by atoms with Gasteiger partial charge < -0.3 is 4.79 Å². The fourth-order valence-corrected chi connectivity index (χ4v) is 1.93. The van der Waals surface area contributed by atoms with Gasteiger partial charge in [0, 0.05) is 17.8 Å². The highest BCUT2D eigenvalue weighted by molar-refractivity contribution is 5.75. The molecule has 1 unspecified atom stereocenters. The van der Waals surface area contributed by atoms with E-state index in [1.165, 1.54) is 6.92 Å². The Labute approximate surface area is 89.5 Å². The van der Waals surface area contributed by atoms with Crippen LogP contribution < -0.4 is 0 Å². The molecule has 0 saturated carbocycles. The number of ketones is 1. The van der Waals surface area contributed by atoms with Crippen LogP contribution in [0.2, 0.25) is 0 Å². The second kappa shape index (κ2) is 5.63. The molecular weight excluding hydrogens is 194 g/mol. The lowest BCUT2D eigenvalue weighted by Gasteiger charge is -2.16. The van der Waals surface area contributed by atoms with Crippen LogP contribution in [0.3, 0.4) is 0 Å². The van der Waals surface area contributed by atoms with E-state index in [2.05, 4.69) is 0 Å². The van der Waals surface area contributed by atoms with Crippen LogP contribution in [0.1, 0.15) is 45.4 Å². The van der Waals surface area contributed by atoms with Gasteiger partial charge in [-0.05, 0) is 38.2 Å². The van der Waals surface area contributed by atoms with Gasteiger partial charge in [-0.3, -0.25) is 10.1 Å². The Balaban J connectivity index is 2.60. The quantitative estimate of drug-likeness (QED) is 0.399. The van der Waals surface area contributed by atoms with Crippen molar-refractivity contribution < 1.29 is 9.72 Å². The third kappa shape index (κ3) is 3.81. The number of carbonyl (C=O) groups excluding carboxylic acids is 1. The van der Waals surface area contributed by atoms with Crippen LogP contribution in [0, 0.1) is 10.1 Å². The maximum atomic E-state index is 10.9. The molecule has 0 fully saturated rings. The van der Waals surface area contributed by atoms with E-state index in [4.69, 9.17) is 0 Å². The summed E-state index contributed by atoms with van der Waals surface area (Å²) in [4.78, 5) is 21.4. The van der Waals surface area contributed by atoms with E-state index in [0.717, 1.165) is 31.3 Å². The van der Waals surface area contributed by atoms with E-state index < -0.39 is 6.04 Å². The molecule has 0 N–H and O–H groups in total. The molecule has 0 aromatic heterocycles. The zero-order chi connectivity index (χ0) is 11.3. The first-order chi connectivity index (χ1) is 7.11. The van der Waals surface area contributed by atoms with Crippen molar-refractivity contribution in [3.05, 3.63) is 21.8 Å². The molecule has 15 heavy (non-hydrogen) atoms. The second-order valence-corrected chi connectivity index (χ2v) is 4.07. The van der Waals surface area contributed by atoms with Crippen LogP contribution in [0.25, 0.3) is 0 Å². The fraction of sp³-hybridized carbons (Fsp3) is 0.727. The number of nitro groups is 1. The zero-order valence-electron chi connectivity index (χ0n) is 9.07. The van der Waals surface area contributed by atoms with Crippen molar-refractivity contribution in [2.45, 2.75) is 51.5 Å². The first-order valence-electron chi connectivity index (χ1n) is 5.43. The van der Waals surface area contributed by atoms with E-state index in [9.17, 15) is 14.9 Å². The Kier molecular flexibility index (Phi) is 4.46. The van der Waals surface area contributed by atoms with Crippen molar-refractivity contribution in [3.63, 3.8) is 0 Å². The molecular formula is C11H17NO3. The van der Waals surface area contributed by atoms with Gasteiger partial charge in [-0.15, -0.1) is 0 Å². The highest BCUT2D eigenvalue weighted by Gasteiger charge is 2.26. The summed E-state index contributed by atoms with van der Waals surface area (Å²) in [7, 11) is 0. The molecule has 0 spiro atoms. The first-order valence-corrected chi connectivity index (χ1v) is 5.43. The molecule has 0 aromatic carbocycles. The Morgan fingerprint density at radius 2 is 2.33 bits per heavy atom. The lowest BCUT2D eigenvalue weighted by molar-refractivity contribution is -0.513. The van der Waals surface area contributed by atoms with Crippen molar-refractivity contribution in [3.8, 4) is 0 Å². The molecule has 84 valence electrons. The van der Waals surface area contributed by atoms with E-state index in [0.29, 0.717) is 12.8 Å². The Hall–Kier alpha value is -1.19. The minimum atomic E-state index is -0.630. The van der Waals surface area contributed by atoms with Gasteiger partial charge in [0.05, 0.1) is 0 Å². The summed E-state index contributed by atoms with van der Waals surface area (Å²) in [5.41, 5.74) is 0.924. The second-order valence-electron chi connectivity index (χ2n) is 4.07. The van der Waals surface area contributed by atoms with Crippen molar-refractivity contribution in [2.75, 3.05) is 0 Å². The van der Waals surface area contributed by atoms with Gasteiger partial charge in [0.1, 0.15) is 5.78 Å². The number of rotatable bonds is 5. The predicted octanol–water partition coefficient (Wildman–Crippen LogP) is 2.50. The molecule has 0 saturated heterocycles. The number of nitrogens with zero attached hydrogens (tertiary/aromatic N) is 1. The molecule has 0 radical (unpaired) electrons. The lowest BCUT2D eigenvalue weighted by Crippen LogP contribution is -2.24.